The third kappa shape index (κ3) is 3.01. The highest BCUT2D eigenvalue weighted by Crippen LogP contribution is 2.31. The molecule has 2 aromatic heterocycles. The summed E-state index contributed by atoms with van der Waals surface area (Å²) >= 11 is 0. The molecular formula is C17H19N3O4S2. The lowest BCUT2D eigenvalue weighted by molar-refractivity contribution is 0.596. The van der Waals surface area contributed by atoms with Crippen molar-refractivity contribution >= 4 is 30.7 Å². The van der Waals surface area contributed by atoms with Gasteiger partial charge < -0.3 is 4.57 Å². The first kappa shape index (κ1) is 18.5. The lowest BCUT2D eigenvalue weighted by atomic mass is 10.2. The second-order valence-corrected chi connectivity index (χ2v) is 10.4. The first-order valence-electron chi connectivity index (χ1n) is 7.91. The second-order valence-electron chi connectivity index (χ2n) is 6.15. The van der Waals surface area contributed by atoms with E-state index < -0.39 is 19.7 Å². The summed E-state index contributed by atoms with van der Waals surface area (Å²) in [5.74, 6) is 0.242. The zero-order chi connectivity index (χ0) is 19.3. The molecule has 0 atom stereocenters. The molecule has 0 aliphatic carbocycles. The first-order chi connectivity index (χ1) is 12.1. The minimum Gasteiger partial charge on any atom is -0.325 e. The number of benzene rings is 1. The normalized spacial score (nSPS) is 12.6. The number of hydrogen-bond donors (Lipinski definition) is 0. The molecule has 2 heterocycles. The summed E-state index contributed by atoms with van der Waals surface area (Å²) in [6.45, 7) is 3.35. The molecule has 0 amide bonds. The summed E-state index contributed by atoms with van der Waals surface area (Å²) in [6.07, 6.45) is 2.63. The maximum atomic E-state index is 12.4. The van der Waals surface area contributed by atoms with Crippen LogP contribution in [0.1, 0.15) is 12.5 Å². The smallest absolute Gasteiger partial charge is 0.180 e. The van der Waals surface area contributed by atoms with E-state index in [4.69, 9.17) is 0 Å². The van der Waals surface area contributed by atoms with Gasteiger partial charge in [0.05, 0.1) is 26.6 Å². The van der Waals surface area contributed by atoms with E-state index in [2.05, 4.69) is 9.97 Å². The molecule has 9 heteroatoms. The molecule has 0 saturated heterocycles. The molecule has 7 nitrogen and oxygen atoms in total. The zero-order valence-electron chi connectivity index (χ0n) is 14.9. The van der Waals surface area contributed by atoms with Crippen LogP contribution in [-0.4, -0.2) is 43.4 Å². The number of hydrogen-bond acceptors (Lipinski definition) is 6. The van der Waals surface area contributed by atoms with Gasteiger partial charge in [0.15, 0.2) is 25.5 Å². The molecule has 0 fully saturated rings. The van der Waals surface area contributed by atoms with Crippen LogP contribution in [0.15, 0.2) is 40.3 Å². The van der Waals surface area contributed by atoms with Gasteiger partial charge in [0.1, 0.15) is 5.69 Å². The van der Waals surface area contributed by atoms with E-state index in [9.17, 15) is 16.8 Å². The quantitative estimate of drug-likeness (QED) is 0.673. The van der Waals surface area contributed by atoms with Gasteiger partial charge in [0.25, 0.3) is 0 Å². The molecule has 26 heavy (non-hydrogen) atoms. The summed E-state index contributed by atoms with van der Waals surface area (Å²) in [7, 11) is -5.34. The van der Waals surface area contributed by atoms with Crippen LogP contribution in [0.4, 0.5) is 0 Å². The Morgan fingerprint density at radius 2 is 1.81 bits per heavy atom. The third-order valence-electron chi connectivity index (χ3n) is 4.18. The Morgan fingerprint density at radius 3 is 2.42 bits per heavy atom. The van der Waals surface area contributed by atoms with Crippen molar-refractivity contribution in [2.75, 3.05) is 12.0 Å². The van der Waals surface area contributed by atoms with Crippen molar-refractivity contribution in [2.45, 2.75) is 23.6 Å². The van der Waals surface area contributed by atoms with E-state index in [1.807, 2.05) is 0 Å². The van der Waals surface area contributed by atoms with E-state index in [0.29, 0.717) is 16.9 Å². The van der Waals surface area contributed by atoms with E-state index >= 15 is 0 Å². The SMILES string of the molecule is CCS(=O)(=O)c1cccnc1-c1nc2cc(C)cc(S(C)(=O)=O)c2n1C. The molecule has 3 rings (SSSR count). The Balaban J connectivity index is 2.43. The molecule has 0 aliphatic rings. The lowest BCUT2D eigenvalue weighted by Gasteiger charge is -2.09. The molecule has 0 unspecified atom stereocenters. The maximum Gasteiger partial charge on any atom is 0.180 e. The van der Waals surface area contributed by atoms with Crippen LogP contribution in [0, 0.1) is 6.92 Å². The van der Waals surface area contributed by atoms with Gasteiger partial charge in [-0.2, -0.15) is 0 Å². The van der Waals surface area contributed by atoms with Crippen molar-refractivity contribution < 1.29 is 16.8 Å². The number of aromatic nitrogens is 3. The molecule has 3 aromatic rings. The van der Waals surface area contributed by atoms with E-state index in [1.54, 1.807) is 43.7 Å². The van der Waals surface area contributed by atoms with Gasteiger partial charge in [-0.15, -0.1) is 0 Å². The number of nitrogens with zero attached hydrogens (tertiary/aromatic N) is 3. The number of rotatable bonds is 4. The Kier molecular flexibility index (Phi) is 4.40. The van der Waals surface area contributed by atoms with Crippen molar-refractivity contribution in [3.8, 4) is 11.5 Å². The van der Waals surface area contributed by atoms with Crippen LogP contribution < -0.4 is 0 Å². The molecule has 1 aromatic carbocycles. The van der Waals surface area contributed by atoms with Crippen LogP contribution >= 0.6 is 0 Å². The Hall–Kier alpha value is -2.26. The fraction of sp³-hybridized carbons (Fsp3) is 0.294. The summed E-state index contributed by atoms with van der Waals surface area (Å²) < 4.78 is 50.9. The van der Waals surface area contributed by atoms with Crippen molar-refractivity contribution in [1.82, 2.24) is 14.5 Å². The summed E-state index contributed by atoms with van der Waals surface area (Å²) in [6, 6.07) is 6.40. The molecular weight excluding hydrogens is 374 g/mol. The van der Waals surface area contributed by atoms with Crippen molar-refractivity contribution in [2.24, 2.45) is 7.05 Å². The minimum absolute atomic E-state index is 0.0661. The minimum atomic E-state index is -3.51. The van der Waals surface area contributed by atoms with Gasteiger partial charge in [-0.05, 0) is 36.8 Å². The van der Waals surface area contributed by atoms with Crippen LogP contribution in [0.25, 0.3) is 22.6 Å². The molecule has 138 valence electrons. The fourth-order valence-corrected chi connectivity index (χ4v) is 4.93. The lowest BCUT2D eigenvalue weighted by Crippen LogP contribution is -2.08. The predicted molar refractivity (Wildman–Crippen MR) is 99.5 cm³/mol. The van der Waals surface area contributed by atoms with Crippen LogP contribution in [0.5, 0.6) is 0 Å². The molecule has 0 aliphatic heterocycles. The second kappa shape index (κ2) is 6.17. The van der Waals surface area contributed by atoms with Crippen LogP contribution in [-0.2, 0) is 26.7 Å². The van der Waals surface area contributed by atoms with Gasteiger partial charge in [0.2, 0.25) is 0 Å². The molecule has 0 N–H and O–H groups in total. The number of imidazole rings is 1. The van der Waals surface area contributed by atoms with Crippen LogP contribution in [0.2, 0.25) is 0 Å². The number of sulfone groups is 2. The topological polar surface area (TPSA) is 99.0 Å². The standard InChI is InChI=1S/C17H19N3O4S2/c1-5-26(23,24)13-7-6-8-18-15(13)17-19-12-9-11(2)10-14(25(4,21)22)16(12)20(17)3/h6-10H,5H2,1-4H3. The largest absolute Gasteiger partial charge is 0.325 e. The van der Waals surface area contributed by atoms with Gasteiger partial charge in [-0.1, -0.05) is 6.92 Å². The van der Waals surface area contributed by atoms with Gasteiger partial charge in [-0.25, -0.2) is 21.8 Å². The number of aryl methyl sites for hydroxylation is 2. The van der Waals surface area contributed by atoms with Gasteiger partial charge in [0, 0.05) is 19.5 Å². The fourth-order valence-electron chi connectivity index (χ4n) is 2.90. The third-order valence-corrected chi connectivity index (χ3v) is 7.05. The highest BCUT2D eigenvalue weighted by atomic mass is 32.2. The van der Waals surface area contributed by atoms with Crippen molar-refractivity contribution in [1.29, 1.82) is 0 Å². The van der Waals surface area contributed by atoms with Gasteiger partial charge in [-0.3, -0.25) is 4.98 Å². The molecule has 0 spiro atoms. The Bertz CT molecular complexity index is 1230. The average Bonchev–Trinajstić information content (AvgIpc) is 2.89. The number of fused-ring (bicyclic) bond motifs is 1. The summed E-state index contributed by atoms with van der Waals surface area (Å²) in [5.41, 5.74) is 1.88. The highest BCUT2D eigenvalue weighted by Gasteiger charge is 2.24. The number of pyridine rings is 1. The van der Waals surface area contributed by atoms with E-state index in [1.165, 1.54) is 12.3 Å². The van der Waals surface area contributed by atoms with E-state index in [0.717, 1.165) is 11.8 Å². The highest BCUT2D eigenvalue weighted by molar-refractivity contribution is 7.91. The summed E-state index contributed by atoms with van der Waals surface area (Å²) in [5, 5.41) is 0. The average molecular weight is 393 g/mol. The summed E-state index contributed by atoms with van der Waals surface area (Å²) in [4.78, 5) is 8.96. The van der Waals surface area contributed by atoms with E-state index in [-0.39, 0.29) is 21.2 Å². The molecule has 0 bridgehead atoms. The zero-order valence-corrected chi connectivity index (χ0v) is 16.5. The predicted octanol–water partition coefficient (Wildman–Crippen LogP) is 2.14. The first-order valence-corrected chi connectivity index (χ1v) is 11.5. The molecule has 0 saturated carbocycles. The van der Waals surface area contributed by atoms with Crippen LogP contribution in [0.3, 0.4) is 0 Å². The van der Waals surface area contributed by atoms with Crippen molar-refractivity contribution in [3.63, 3.8) is 0 Å². The monoisotopic (exact) mass is 393 g/mol. The van der Waals surface area contributed by atoms with Crippen molar-refractivity contribution in [3.05, 3.63) is 36.0 Å². The Labute approximate surface area is 152 Å². The molecule has 0 radical (unpaired) electrons. The maximum absolute atomic E-state index is 12.4. The van der Waals surface area contributed by atoms with Gasteiger partial charge >= 0.3 is 0 Å². The Morgan fingerprint density at radius 1 is 1.12 bits per heavy atom.